The number of hydrogen-bond donors (Lipinski definition) is 3. The van der Waals surface area contributed by atoms with Gasteiger partial charge in [-0.15, -0.1) is 5.10 Å². The minimum absolute atomic E-state index is 0.0669. The third kappa shape index (κ3) is 4.27. The van der Waals surface area contributed by atoms with Crippen molar-refractivity contribution in [2.75, 3.05) is 38.5 Å². The molecule has 1 aliphatic heterocycles. The maximum absolute atomic E-state index is 12.6. The summed E-state index contributed by atoms with van der Waals surface area (Å²) in [5.74, 6) is -2.50. The second-order valence-corrected chi connectivity index (χ2v) is 7.40. The van der Waals surface area contributed by atoms with Gasteiger partial charge in [0.1, 0.15) is 5.52 Å². The van der Waals surface area contributed by atoms with Crippen molar-refractivity contribution >= 4 is 34.9 Å². The van der Waals surface area contributed by atoms with Gasteiger partial charge in [0, 0.05) is 44.4 Å². The molecule has 1 fully saturated rings. The molecule has 11 heteroatoms. The van der Waals surface area contributed by atoms with E-state index in [1.54, 1.807) is 12.1 Å². The number of hydrogen-bond acceptors (Lipinski definition) is 7. The SMILES string of the molecule is CN1CCN(Cc2ccc(C(=O)Nc3nn(C(=O)O)c4cc(C(=O)O)oc34)cc2)CC1. The summed E-state index contributed by atoms with van der Waals surface area (Å²) in [6.07, 6.45) is -1.43. The van der Waals surface area contributed by atoms with Gasteiger partial charge in [0.2, 0.25) is 5.76 Å². The summed E-state index contributed by atoms with van der Waals surface area (Å²) in [6.45, 7) is 4.82. The van der Waals surface area contributed by atoms with E-state index >= 15 is 0 Å². The van der Waals surface area contributed by atoms with E-state index in [0.29, 0.717) is 10.2 Å². The zero-order valence-electron chi connectivity index (χ0n) is 16.7. The lowest BCUT2D eigenvalue weighted by Gasteiger charge is -2.32. The lowest BCUT2D eigenvalue weighted by Crippen LogP contribution is -2.43. The van der Waals surface area contributed by atoms with Gasteiger partial charge in [0.05, 0.1) is 0 Å². The normalized spacial score (nSPS) is 15.3. The molecule has 0 unspecified atom stereocenters. The number of carboxylic acid groups (broad SMARTS) is 2. The summed E-state index contributed by atoms with van der Waals surface area (Å²) in [5.41, 5.74) is 1.24. The fraction of sp³-hybridized carbons (Fsp3) is 0.300. The van der Waals surface area contributed by atoms with Gasteiger partial charge in [0.15, 0.2) is 11.4 Å². The van der Waals surface area contributed by atoms with Crippen molar-refractivity contribution in [2.45, 2.75) is 6.54 Å². The maximum Gasteiger partial charge on any atom is 0.432 e. The first kappa shape index (κ1) is 20.6. The van der Waals surface area contributed by atoms with Gasteiger partial charge < -0.3 is 24.8 Å². The number of amides is 1. The molecular weight excluding hydrogens is 406 g/mol. The van der Waals surface area contributed by atoms with E-state index < -0.39 is 23.7 Å². The number of piperazine rings is 1. The molecule has 0 spiro atoms. The van der Waals surface area contributed by atoms with Gasteiger partial charge in [-0.1, -0.05) is 12.1 Å². The van der Waals surface area contributed by atoms with Crippen molar-refractivity contribution < 1.29 is 29.0 Å². The molecule has 0 atom stereocenters. The zero-order valence-corrected chi connectivity index (χ0v) is 16.7. The number of carbonyl (C=O) groups excluding carboxylic acids is 1. The Balaban J connectivity index is 1.49. The third-order valence-electron chi connectivity index (χ3n) is 5.20. The predicted octanol–water partition coefficient (Wildman–Crippen LogP) is 1.85. The van der Waals surface area contributed by atoms with E-state index in [2.05, 4.69) is 27.3 Å². The van der Waals surface area contributed by atoms with Gasteiger partial charge in [-0.3, -0.25) is 9.69 Å². The average molecular weight is 427 g/mol. The monoisotopic (exact) mass is 427 g/mol. The van der Waals surface area contributed by atoms with Crippen LogP contribution in [0.5, 0.6) is 0 Å². The molecule has 3 heterocycles. The van der Waals surface area contributed by atoms with Crippen LogP contribution >= 0.6 is 0 Å². The largest absolute Gasteiger partial charge is 0.475 e. The predicted molar refractivity (Wildman–Crippen MR) is 110 cm³/mol. The Labute approximate surface area is 176 Å². The summed E-state index contributed by atoms with van der Waals surface area (Å²) in [5, 5.41) is 24.6. The standard InChI is InChI=1S/C20H21N5O6/c1-23-6-8-24(9-7-23)11-12-2-4-13(5-3-12)18(26)21-17-16-14(25(22-17)20(29)30)10-15(31-16)19(27)28/h2-5,10H,6-9,11H2,1H3,(H,27,28)(H,29,30)(H,21,22,26). The summed E-state index contributed by atoms with van der Waals surface area (Å²) in [6, 6.07) is 8.14. The van der Waals surface area contributed by atoms with E-state index in [4.69, 9.17) is 9.52 Å². The number of likely N-dealkylation sites (N-methyl/N-ethyl adjacent to an activating group) is 1. The fourth-order valence-corrected chi connectivity index (χ4v) is 3.45. The minimum atomic E-state index is -1.43. The molecule has 1 amide bonds. The maximum atomic E-state index is 12.6. The van der Waals surface area contributed by atoms with Crippen molar-refractivity contribution in [1.82, 2.24) is 19.6 Å². The van der Waals surface area contributed by atoms with E-state index in [9.17, 15) is 19.5 Å². The van der Waals surface area contributed by atoms with Crippen LogP contribution < -0.4 is 5.32 Å². The van der Waals surface area contributed by atoms with Gasteiger partial charge in [-0.2, -0.15) is 4.68 Å². The Kier molecular flexibility index (Phi) is 5.44. The molecule has 4 rings (SSSR count). The number of benzene rings is 1. The second kappa shape index (κ2) is 8.20. The summed E-state index contributed by atoms with van der Waals surface area (Å²) in [4.78, 5) is 39.8. The topological polar surface area (TPSA) is 141 Å². The van der Waals surface area contributed by atoms with Gasteiger partial charge in [-0.25, -0.2) is 9.59 Å². The summed E-state index contributed by atoms with van der Waals surface area (Å²) < 4.78 is 5.73. The summed E-state index contributed by atoms with van der Waals surface area (Å²) >= 11 is 0. The molecule has 1 aliphatic rings. The Hall–Kier alpha value is -3.70. The highest BCUT2D eigenvalue weighted by molar-refractivity contribution is 6.08. The first-order valence-corrected chi connectivity index (χ1v) is 9.62. The van der Waals surface area contributed by atoms with Crippen LogP contribution in [0.3, 0.4) is 0 Å². The molecule has 1 saturated heterocycles. The number of nitrogens with one attached hydrogen (secondary N) is 1. The smallest absolute Gasteiger partial charge is 0.432 e. The van der Waals surface area contributed by atoms with Crippen LogP contribution in [0.15, 0.2) is 34.7 Å². The minimum Gasteiger partial charge on any atom is -0.475 e. The number of rotatable bonds is 5. The van der Waals surface area contributed by atoms with E-state index in [0.717, 1.165) is 44.4 Å². The number of fused-ring (bicyclic) bond motifs is 1. The first-order valence-electron chi connectivity index (χ1n) is 9.62. The number of carboxylic acids is 1. The van der Waals surface area contributed by atoms with Crippen LogP contribution in [0, 0.1) is 0 Å². The Morgan fingerprint density at radius 1 is 1.10 bits per heavy atom. The highest BCUT2D eigenvalue weighted by Gasteiger charge is 2.24. The van der Waals surface area contributed by atoms with Crippen molar-refractivity contribution in [3.05, 3.63) is 47.2 Å². The lowest BCUT2D eigenvalue weighted by atomic mass is 10.1. The van der Waals surface area contributed by atoms with Crippen molar-refractivity contribution in [2.24, 2.45) is 0 Å². The van der Waals surface area contributed by atoms with Gasteiger partial charge in [-0.05, 0) is 24.7 Å². The number of aromatic carboxylic acids is 1. The van der Waals surface area contributed by atoms with E-state index in [1.807, 2.05) is 12.1 Å². The van der Waals surface area contributed by atoms with Crippen LogP contribution in [0.25, 0.3) is 11.1 Å². The van der Waals surface area contributed by atoms with Crippen LogP contribution in [-0.2, 0) is 6.54 Å². The van der Waals surface area contributed by atoms with Crippen LogP contribution in [-0.4, -0.2) is 81.0 Å². The van der Waals surface area contributed by atoms with Crippen molar-refractivity contribution in [1.29, 1.82) is 0 Å². The molecule has 162 valence electrons. The molecular formula is C20H21N5O6. The Morgan fingerprint density at radius 3 is 2.39 bits per heavy atom. The number of carbonyl (C=O) groups is 3. The molecule has 1 aromatic carbocycles. The molecule has 0 aliphatic carbocycles. The molecule has 31 heavy (non-hydrogen) atoms. The lowest BCUT2D eigenvalue weighted by molar-refractivity contribution is 0.0665. The quantitative estimate of drug-likeness (QED) is 0.556. The zero-order chi connectivity index (χ0) is 22.1. The van der Waals surface area contributed by atoms with Gasteiger partial charge in [0.25, 0.3) is 5.91 Å². The van der Waals surface area contributed by atoms with Crippen LogP contribution in [0.4, 0.5) is 10.6 Å². The number of aromatic nitrogens is 2. The third-order valence-corrected chi connectivity index (χ3v) is 5.20. The first-order chi connectivity index (χ1) is 14.8. The molecule has 2 aromatic heterocycles. The van der Waals surface area contributed by atoms with Crippen molar-refractivity contribution in [3.8, 4) is 0 Å². The molecule has 0 saturated carbocycles. The molecule has 11 nitrogen and oxygen atoms in total. The van der Waals surface area contributed by atoms with Crippen molar-refractivity contribution in [3.63, 3.8) is 0 Å². The highest BCUT2D eigenvalue weighted by Crippen LogP contribution is 2.27. The van der Waals surface area contributed by atoms with Gasteiger partial charge >= 0.3 is 12.1 Å². The number of furan rings is 1. The molecule has 0 radical (unpaired) electrons. The summed E-state index contributed by atoms with van der Waals surface area (Å²) in [7, 11) is 2.10. The molecule has 3 aromatic rings. The number of anilines is 1. The Bertz CT molecular complexity index is 1140. The fourth-order valence-electron chi connectivity index (χ4n) is 3.45. The van der Waals surface area contributed by atoms with Crippen LogP contribution in [0.1, 0.15) is 26.5 Å². The molecule has 3 N–H and O–H groups in total. The average Bonchev–Trinajstić information content (AvgIpc) is 3.31. The number of nitrogens with zero attached hydrogens (tertiary/aromatic N) is 4. The van der Waals surface area contributed by atoms with E-state index in [1.165, 1.54) is 0 Å². The Morgan fingerprint density at radius 2 is 1.77 bits per heavy atom. The van der Waals surface area contributed by atoms with Crippen LogP contribution in [0.2, 0.25) is 0 Å². The highest BCUT2D eigenvalue weighted by atomic mass is 16.4. The second-order valence-electron chi connectivity index (χ2n) is 7.40. The molecule has 0 bridgehead atoms. The van der Waals surface area contributed by atoms with E-state index in [-0.39, 0.29) is 16.9 Å².